The molecule has 0 spiro atoms. The molecule has 100 valence electrons. The highest BCUT2D eigenvalue weighted by Crippen LogP contribution is 2.37. The summed E-state index contributed by atoms with van der Waals surface area (Å²) in [6.45, 7) is 2.70. The van der Waals surface area contributed by atoms with Crippen molar-refractivity contribution in [1.82, 2.24) is 15.3 Å². The van der Waals surface area contributed by atoms with Crippen LogP contribution in [-0.2, 0) is 13.0 Å². The van der Waals surface area contributed by atoms with E-state index in [2.05, 4.69) is 21.4 Å². The maximum atomic E-state index is 6.12. The predicted octanol–water partition coefficient (Wildman–Crippen LogP) is 3.67. The lowest BCUT2D eigenvalue weighted by Gasteiger charge is -2.23. The van der Waals surface area contributed by atoms with Gasteiger partial charge in [-0.1, -0.05) is 11.6 Å². The van der Waals surface area contributed by atoms with Gasteiger partial charge in [-0.3, -0.25) is 0 Å². The molecule has 0 saturated heterocycles. The average molecular weight is 294 g/mol. The van der Waals surface area contributed by atoms with Crippen molar-refractivity contribution in [2.45, 2.75) is 38.8 Å². The molecule has 0 fully saturated rings. The highest BCUT2D eigenvalue weighted by atomic mass is 35.5. The van der Waals surface area contributed by atoms with Crippen molar-refractivity contribution in [2.75, 3.05) is 0 Å². The third-order valence-corrected chi connectivity index (χ3v) is 4.79. The zero-order valence-corrected chi connectivity index (χ0v) is 12.4. The molecule has 1 aliphatic rings. The van der Waals surface area contributed by atoms with Gasteiger partial charge in [-0.05, 0) is 43.9 Å². The van der Waals surface area contributed by atoms with Crippen LogP contribution in [-0.4, -0.2) is 9.97 Å². The molecule has 0 bridgehead atoms. The van der Waals surface area contributed by atoms with Gasteiger partial charge >= 0.3 is 0 Å². The fourth-order valence-corrected chi connectivity index (χ4v) is 3.95. The molecule has 0 radical (unpaired) electrons. The maximum Gasteiger partial charge on any atom is 0.125 e. The standard InChI is InChI=1S/C14H16ClN3S/c1-9-16-6-5-10(18-9)8-17-12-3-2-4-13-11(12)7-14(15)19-13/h5-7,12,17H,2-4,8H2,1H3. The minimum absolute atomic E-state index is 0.405. The second-order valence-electron chi connectivity index (χ2n) is 4.85. The molecule has 19 heavy (non-hydrogen) atoms. The molecule has 0 aliphatic heterocycles. The zero-order chi connectivity index (χ0) is 13.2. The van der Waals surface area contributed by atoms with E-state index in [-0.39, 0.29) is 0 Å². The van der Waals surface area contributed by atoms with Crippen LogP contribution >= 0.6 is 22.9 Å². The topological polar surface area (TPSA) is 37.8 Å². The van der Waals surface area contributed by atoms with Crippen LogP contribution in [0.3, 0.4) is 0 Å². The van der Waals surface area contributed by atoms with Crippen LogP contribution in [0.15, 0.2) is 18.3 Å². The molecule has 2 aromatic rings. The van der Waals surface area contributed by atoms with Gasteiger partial charge in [0.15, 0.2) is 0 Å². The second-order valence-corrected chi connectivity index (χ2v) is 6.62. The van der Waals surface area contributed by atoms with Gasteiger partial charge in [-0.25, -0.2) is 9.97 Å². The van der Waals surface area contributed by atoms with Crippen molar-refractivity contribution in [1.29, 1.82) is 0 Å². The van der Waals surface area contributed by atoms with E-state index in [9.17, 15) is 0 Å². The summed E-state index contributed by atoms with van der Waals surface area (Å²) in [7, 11) is 0. The first-order valence-corrected chi connectivity index (χ1v) is 7.72. The Labute approximate surface area is 122 Å². The Morgan fingerprint density at radius 3 is 3.26 bits per heavy atom. The Hall–Kier alpha value is -0.970. The summed E-state index contributed by atoms with van der Waals surface area (Å²) in [5.74, 6) is 0.821. The summed E-state index contributed by atoms with van der Waals surface area (Å²) in [6, 6.07) is 4.48. The third-order valence-electron chi connectivity index (χ3n) is 3.45. The summed E-state index contributed by atoms with van der Waals surface area (Å²) in [5, 5.41) is 3.59. The number of hydrogen-bond donors (Lipinski definition) is 1. The van der Waals surface area contributed by atoms with Crippen molar-refractivity contribution in [3.05, 3.63) is 44.6 Å². The van der Waals surface area contributed by atoms with Gasteiger partial charge in [0.05, 0.1) is 10.0 Å². The van der Waals surface area contributed by atoms with Crippen LogP contribution < -0.4 is 5.32 Å². The molecule has 5 heteroatoms. The summed E-state index contributed by atoms with van der Waals surface area (Å²) in [4.78, 5) is 9.98. The minimum atomic E-state index is 0.405. The fraction of sp³-hybridized carbons (Fsp3) is 0.429. The predicted molar refractivity (Wildman–Crippen MR) is 78.6 cm³/mol. The molecular weight excluding hydrogens is 278 g/mol. The number of halogens is 1. The van der Waals surface area contributed by atoms with Crippen LogP contribution in [0.5, 0.6) is 0 Å². The Morgan fingerprint density at radius 1 is 1.53 bits per heavy atom. The lowest BCUT2D eigenvalue weighted by Crippen LogP contribution is -2.24. The summed E-state index contributed by atoms with van der Waals surface area (Å²) < 4.78 is 0.900. The van der Waals surface area contributed by atoms with Gasteiger partial charge in [-0.2, -0.15) is 0 Å². The number of thiophene rings is 1. The molecule has 1 atom stereocenters. The van der Waals surface area contributed by atoms with E-state index in [1.54, 1.807) is 11.3 Å². The van der Waals surface area contributed by atoms with Gasteiger partial charge in [0.25, 0.3) is 0 Å². The van der Waals surface area contributed by atoms with Crippen molar-refractivity contribution < 1.29 is 0 Å². The van der Waals surface area contributed by atoms with Crippen molar-refractivity contribution >= 4 is 22.9 Å². The quantitative estimate of drug-likeness (QED) is 0.938. The molecular formula is C14H16ClN3S. The Balaban J connectivity index is 1.71. The Morgan fingerprint density at radius 2 is 2.42 bits per heavy atom. The van der Waals surface area contributed by atoms with Crippen molar-refractivity contribution in [3.63, 3.8) is 0 Å². The van der Waals surface area contributed by atoms with E-state index in [0.717, 1.165) is 28.8 Å². The molecule has 1 N–H and O–H groups in total. The Bertz CT molecular complexity index is 582. The van der Waals surface area contributed by atoms with E-state index in [1.807, 2.05) is 19.2 Å². The molecule has 0 amide bonds. The smallest absolute Gasteiger partial charge is 0.125 e. The number of rotatable bonds is 3. The highest BCUT2D eigenvalue weighted by Gasteiger charge is 2.22. The van der Waals surface area contributed by atoms with Crippen LogP contribution in [0.25, 0.3) is 0 Å². The third kappa shape index (κ3) is 2.96. The molecule has 1 aliphatic carbocycles. The monoisotopic (exact) mass is 293 g/mol. The van der Waals surface area contributed by atoms with Crippen LogP contribution in [0.2, 0.25) is 4.34 Å². The summed E-state index contributed by atoms with van der Waals surface area (Å²) in [5.41, 5.74) is 2.42. The van der Waals surface area contributed by atoms with Crippen molar-refractivity contribution in [3.8, 4) is 0 Å². The Kier molecular flexibility index (Phi) is 3.82. The molecule has 0 aromatic carbocycles. The van der Waals surface area contributed by atoms with Gasteiger partial charge < -0.3 is 5.32 Å². The molecule has 1 unspecified atom stereocenters. The first-order chi connectivity index (χ1) is 9.22. The summed E-state index contributed by atoms with van der Waals surface area (Å²) >= 11 is 7.84. The van der Waals surface area contributed by atoms with Crippen LogP contribution in [0, 0.1) is 6.92 Å². The fourth-order valence-electron chi connectivity index (χ4n) is 2.56. The number of aryl methyl sites for hydroxylation is 2. The number of nitrogens with one attached hydrogen (secondary N) is 1. The van der Waals surface area contributed by atoms with E-state index in [4.69, 9.17) is 11.6 Å². The lowest BCUT2D eigenvalue weighted by molar-refractivity contribution is 0.459. The van der Waals surface area contributed by atoms with Gasteiger partial charge in [-0.15, -0.1) is 11.3 Å². The largest absolute Gasteiger partial charge is 0.304 e. The minimum Gasteiger partial charge on any atom is -0.304 e. The van der Waals surface area contributed by atoms with E-state index in [0.29, 0.717) is 6.04 Å². The first-order valence-electron chi connectivity index (χ1n) is 6.52. The normalized spacial score (nSPS) is 18.3. The van der Waals surface area contributed by atoms with E-state index < -0.39 is 0 Å². The second kappa shape index (κ2) is 5.57. The van der Waals surface area contributed by atoms with Crippen LogP contribution in [0.1, 0.15) is 40.8 Å². The number of hydrogen-bond acceptors (Lipinski definition) is 4. The highest BCUT2D eigenvalue weighted by molar-refractivity contribution is 7.16. The van der Waals surface area contributed by atoms with E-state index in [1.165, 1.54) is 23.3 Å². The molecule has 3 rings (SSSR count). The van der Waals surface area contributed by atoms with E-state index >= 15 is 0 Å². The number of fused-ring (bicyclic) bond motifs is 1. The number of nitrogens with zero attached hydrogens (tertiary/aromatic N) is 2. The lowest BCUT2D eigenvalue weighted by atomic mass is 9.94. The summed E-state index contributed by atoms with van der Waals surface area (Å²) in [6.07, 6.45) is 5.37. The maximum absolute atomic E-state index is 6.12. The zero-order valence-electron chi connectivity index (χ0n) is 10.8. The van der Waals surface area contributed by atoms with Crippen LogP contribution in [0.4, 0.5) is 0 Å². The SMILES string of the molecule is Cc1nccc(CNC2CCCc3sc(Cl)cc32)n1. The van der Waals surface area contributed by atoms with Gasteiger partial charge in [0.2, 0.25) is 0 Å². The molecule has 2 heterocycles. The molecule has 3 nitrogen and oxygen atoms in total. The molecule has 0 saturated carbocycles. The molecule has 2 aromatic heterocycles. The van der Waals surface area contributed by atoms with Gasteiger partial charge in [0, 0.05) is 23.7 Å². The first kappa shape index (κ1) is 13.0. The van der Waals surface area contributed by atoms with Crippen molar-refractivity contribution in [2.24, 2.45) is 0 Å². The number of aromatic nitrogens is 2. The van der Waals surface area contributed by atoms with Gasteiger partial charge in [0.1, 0.15) is 5.82 Å². The average Bonchev–Trinajstić information content (AvgIpc) is 2.77.